The average molecular weight is 481 g/mol. The van der Waals surface area contributed by atoms with Crippen molar-refractivity contribution in [2.75, 3.05) is 36.5 Å². The lowest BCUT2D eigenvalue weighted by molar-refractivity contribution is -0.115. The summed E-state index contributed by atoms with van der Waals surface area (Å²) in [5.41, 5.74) is 1.91. The van der Waals surface area contributed by atoms with Gasteiger partial charge in [-0.3, -0.25) is 14.4 Å². The minimum absolute atomic E-state index is 0.186. The van der Waals surface area contributed by atoms with Crippen molar-refractivity contribution in [3.05, 3.63) is 64.7 Å². The summed E-state index contributed by atoms with van der Waals surface area (Å²) in [5.74, 6) is -0.629. The van der Waals surface area contributed by atoms with Crippen LogP contribution in [0.4, 0.5) is 10.8 Å². The number of ether oxygens (including phenoxy) is 1. The number of amides is 1. The van der Waals surface area contributed by atoms with Crippen LogP contribution in [0.5, 0.6) is 0 Å². The molecular weight excluding hydrogens is 460 g/mol. The molecule has 2 aromatic carbocycles. The van der Waals surface area contributed by atoms with Crippen molar-refractivity contribution in [1.29, 1.82) is 0 Å². The SMILES string of the molecule is CC(Sc1nnc(N2CCOCC2)s1)C(=O)Nc1ccc2c(c1)C(=O)c1ccccc1C2=O. The molecule has 1 amide bonds. The van der Waals surface area contributed by atoms with E-state index >= 15 is 0 Å². The first kappa shape index (κ1) is 21.7. The fourth-order valence-corrected chi connectivity index (χ4v) is 5.79. The first-order valence-electron chi connectivity index (χ1n) is 10.5. The van der Waals surface area contributed by atoms with Gasteiger partial charge >= 0.3 is 0 Å². The lowest BCUT2D eigenvalue weighted by Gasteiger charge is -2.25. The molecule has 2 aliphatic rings. The Kier molecular flexibility index (Phi) is 5.96. The van der Waals surface area contributed by atoms with Gasteiger partial charge in [0.05, 0.1) is 18.5 Å². The van der Waals surface area contributed by atoms with Gasteiger partial charge in [0.15, 0.2) is 15.9 Å². The maximum absolute atomic E-state index is 12.9. The van der Waals surface area contributed by atoms with Gasteiger partial charge in [0.2, 0.25) is 11.0 Å². The second-order valence-electron chi connectivity index (χ2n) is 7.66. The summed E-state index contributed by atoms with van der Waals surface area (Å²) < 4.78 is 6.07. The summed E-state index contributed by atoms with van der Waals surface area (Å²) >= 11 is 2.78. The lowest BCUT2D eigenvalue weighted by Crippen LogP contribution is -2.36. The second kappa shape index (κ2) is 9.05. The zero-order valence-corrected chi connectivity index (χ0v) is 19.4. The Morgan fingerprint density at radius 2 is 1.70 bits per heavy atom. The van der Waals surface area contributed by atoms with Crippen LogP contribution in [-0.2, 0) is 9.53 Å². The van der Waals surface area contributed by atoms with Gasteiger partial charge in [0.25, 0.3) is 0 Å². The quantitative estimate of drug-likeness (QED) is 0.435. The van der Waals surface area contributed by atoms with E-state index in [9.17, 15) is 14.4 Å². The highest BCUT2D eigenvalue weighted by molar-refractivity contribution is 8.02. The lowest BCUT2D eigenvalue weighted by atomic mass is 9.84. The number of fused-ring (bicyclic) bond motifs is 2. The molecule has 1 aromatic heterocycles. The largest absolute Gasteiger partial charge is 0.378 e. The number of carbonyl (C=O) groups excluding carboxylic acids is 3. The van der Waals surface area contributed by atoms with E-state index in [1.165, 1.54) is 23.1 Å². The minimum atomic E-state index is -0.426. The molecule has 168 valence electrons. The standard InChI is InChI=1S/C23H20N4O4S2/c1-13(32-23-26-25-22(33-23)27-8-10-31-11-9-27)21(30)24-14-6-7-17-18(12-14)20(29)16-5-3-2-4-15(16)19(17)28/h2-7,12-13H,8-11H2,1H3,(H,24,30). The van der Waals surface area contributed by atoms with Crippen molar-refractivity contribution in [2.45, 2.75) is 16.5 Å². The number of ketones is 2. The summed E-state index contributed by atoms with van der Waals surface area (Å²) in [7, 11) is 0. The zero-order chi connectivity index (χ0) is 22.9. The van der Waals surface area contributed by atoms with Gasteiger partial charge in [-0.05, 0) is 25.1 Å². The van der Waals surface area contributed by atoms with Crippen LogP contribution in [0.2, 0.25) is 0 Å². The monoisotopic (exact) mass is 480 g/mol. The highest BCUT2D eigenvalue weighted by Gasteiger charge is 2.29. The molecule has 1 aliphatic heterocycles. The number of hydrogen-bond acceptors (Lipinski definition) is 9. The molecule has 3 aromatic rings. The highest BCUT2D eigenvalue weighted by Crippen LogP contribution is 2.32. The molecule has 1 aliphatic carbocycles. The number of carbonyl (C=O) groups is 3. The van der Waals surface area contributed by atoms with Crippen molar-refractivity contribution in [3.63, 3.8) is 0 Å². The molecule has 8 nitrogen and oxygen atoms in total. The van der Waals surface area contributed by atoms with Crippen LogP contribution in [0.15, 0.2) is 46.8 Å². The van der Waals surface area contributed by atoms with E-state index in [1.807, 2.05) is 0 Å². The van der Waals surface area contributed by atoms with Crippen LogP contribution in [0.3, 0.4) is 0 Å². The zero-order valence-electron chi connectivity index (χ0n) is 17.7. The fraction of sp³-hybridized carbons (Fsp3) is 0.261. The van der Waals surface area contributed by atoms with Crippen LogP contribution < -0.4 is 10.2 Å². The van der Waals surface area contributed by atoms with Gasteiger partial charge in [0.1, 0.15) is 0 Å². The molecule has 1 saturated heterocycles. The summed E-state index contributed by atoms with van der Waals surface area (Å²) in [6.45, 7) is 4.68. The Bertz CT molecular complexity index is 1250. The number of anilines is 2. The summed E-state index contributed by atoms with van der Waals surface area (Å²) in [6, 6.07) is 11.6. The van der Waals surface area contributed by atoms with E-state index in [1.54, 1.807) is 49.4 Å². The van der Waals surface area contributed by atoms with Crippen molar-refractivity contribution in [1.82, 2.24) is 10.2 Å². The van der Waals surface area contributed by atoms with Gasteiger partial charge in [-0.1, -0.05) is 47.4 Å². The highest BCUT2D eigenvalue weighted by atomic mass is 32.2. The normalized spacial score (nSPS) is 16.2. The molecule has 0 radical (unpaired) electrons. The molecule has 1 fully saturated rings. The van der Waals surface area contributed by atoms with Crippen LogP contribution in [0, 0.1) is 0 Å². The van der Waals surface area contributed by atoms with Crippen molar-refractivity contribution >= 4 is 51.4 Å². The molecule has 33 heavy (non-hydrogen) atoms. The molecule has 0 spiro atoms. The Morgan fingerprint density at radius 1 is 1.03 bits per heavy atom. The molecule has 0 bridgehead atoms. The van der Waals surface area contributed by atoms with Gasteiger partial charge in [-0.15, -0.1) is 10.2 Å². The minimum Gasteiger partial charge on any atom is -0.378 e. The molecule has 10 heteroatoms. The summed E-state index contributed by atoms with van der Waals surface area (Å²) in [6.07, 6.45) is 0. The number of nitrogens with one attached hydrogen (secondary N) is 1. The van der Waals surface area contributed by atoms with Crippen LogP contribution in [0.1, 0.15) is 38.8 Å². The molecule has 5 rings (SSSR count). The predicted molar refractivity (Wildman–Crippen MR) is 127 cm³/mol. The number of aromatic nitrogens is 2. The second-order valence-corrected chi connectivity index (χ2v) is 10.2. The van der Waals surface area contributed by atoms with Crippen molar-refractivity contribution in [3.8, 4) is 0 Å². The first-order chi connectivity index (χ1) is 16.0. The fourth-order valence-electron chi connectivity index (χ4n) is 3.76. The van der Waals surface area contributed by atoms with E-state index in [4.69, 9.17) is 4.74 Å². The van der Waals surface area contributed by atoms with Crippen LogP contribution in [-0.4, -0.2) is 59.2 Å². The Hall–Kier alpha value is -3.08. The van der Waals surface area contributed by atoms with E-state index in [-0.39, 0.29) is 17.5 Å². The molecule has 1 unspecified atom stereocenters. The number of benzene rings is 2. The summed E-state index contributed by atoms with van der Waals surface area (Å²) in [5, 5.41) is 11.7. The van der Waals surface area contributed by atoms with E-state index in [0.29, 0.717) is 45.5 Å². The first-order valence-corrected chi connectivity index (χ1v) is 12.2. The molecule has 1 N–H and O–H groups in total. The Labute approximate surface area is 198 Å². The van der Waals surface area contributed by atoms with Gasteiger partial charge in [-0.25, -0.2) is 0 Å². The van der Waals surface area contributed by atoms with Crippen LogP contribution >= 0.6 is 23.1 Å². The maximum Gasteiger partial charge on any atom is 0.237 e. The topological polar surface area (TPSA) is 101 Å². The van der Waals surface area contributed by atoms with E-state index in [0.717, 1.165) is 18.2 Å². The third-order valence-corrected chi connectivity index (χ3v) is 7.69. The van der Waals surface area contributed by atoms with E-state index in [2.05, 4.69) is 20.4 Å². The third kappa shape index (κ3) is 4.29. The maximum atomic E-state index is 12.9. The molecule has 2 heterocycles. The van der Waals surface area contributed by atoms with Gasteiger partial charge in [-0.2, -0.15) is 0 Å². The van der Waals surface area contributed by atoms with Gasteiger partial charge < -0.3 is 15.0 Å². The van der Waals surface area contributed by atoms with E-state index < -0.39 is 5.25 Å². The number of hydrogen-bond donors (Lipinski definition) is 1. The Balaban J connectivity index is 1.27. The number of morpholine rings is 1. The number of thioether (sulfide) groups is 1. The Morgan fingerprint density at radius 3 is 2.42 bits per heavy atom. The third-order valence-electron chi connectivity index (χ3n) is 5.52. The molecule has 0 saturated carbocycles. The number of nitrogens with zero attached hydrogens (tertiary/aromatic N) is 3. The summed E-state index contributed by atoms with van der Waals surface area (Å²) in [4.78, 5) is 40.6. The van der Waals surface area contributed by atoms with Gasteiger partial charge in [0, 0.05) is 41.0 Å². The molecular formula is C23H20N4O4S2. The number of rotatable bonds is 5. The smallest absolute Gasteiger partial charge is 0.237 e. The van der Waals surface area contributed by atoms with Crippen molar-refractivity contribution in [2.24, 2.45) is 0 Å². The molecule has 1 atom stereocenters. The average Bonchev–Trinajstić information content (AvgIpc) is 3.31. The predicted octanol–water partition coefficient (Wildman–Crippen LogP) is 3.27. The van der Waals surface area contributed by atoms with Crippen LogP contribution in [0.25, 0.3) is 0 Å². The van der Waals surface area contributed by atoms with Crippen molar-refractivity contribution < 1.29 is 19.1 Å².